The molecule has 0 radical (unpaired) electrons. The molecule has 0 saturated carbocycles. The van der Waals surface area contributed by atoms with E-state index in [1.54, 1.807) is 20.8 Å². The minimum Gasteiger partial charge on any atom is -0.342 e. The maximum Gasteiger partial charge on any atom is 0.390 e. The summed E-state index contributed by atoms with van der Waals surface area (Å²) >= 11 is 0. The van der Waals surface area contributed by atoms with Gasteiger partial charge in [-0.05, 0) is 19.3 Å². The molecule has 0 spiro atoms. The van der Waals surface area contributed by atoms with Crippen LogP contribution in [0.3, 0.4) is 0 Å². The fourth-order valence-corrected chi connectivity index (χ4v) is 2.67. The minimum absolute atomic E-state index is 0.301. The van der Waals surface area contributed by atoms with Crippen LogP contribution < -0.4 is 5.32 Å². The summed E-state index contributed by atoms with van der Waals surface area (Å²) in [6, 6.07) is -0.720. The molecule has 7 heteroatoms. The summed E-state index contributed by atoms with van der Waals surface area (Å²) in [5.74, 6) is -0.767. The lowest BCUT2D eigenvalue weighted by Gasteiger charge is -2.47. The van der Waals surface area contributed by atoms with Crippen molar-refractivity contribution in [3.63, 3.8) is 0 Å². The van der Waals surface area contributed by atoms with Crippen LogP contribution in [0.25, 0.3) is 0 Å². The number of carbonyl (C=O) groups excluding carboxylic acids is 2. The van der Waals surface area contributed by atoms with Crippen LogP contribution in [-0.4, -0.2) is 41.0 Å². The summed E-state index contributed by atoms with van der Waals surface area (Å²) in [7, 11) is 0. The van der Waals surface area contributed by atoms with Crippen LogP contribution >= 0.6 is 0 Å². The van der Waals surface area contributed by atoms with Gasteiger partial charge in [0.1, 0.15) is 11.6 Å². The van der Waals surface area contributed by atoms with E-state index >= 15 is 0 Å². The summed E-state index contributed by atoms with van der Waals surface area (Å²) in [6.45, 7) is 4.68. The monoisotopic (exact) mass is 294 g/mol. The second-order valence-corrected chi connectivity index (χ2v) is 5.03. The summed E-state index contributed by atoms with van der Waals surface area (Å²) in [5, 5.41) is 2.62. The van der Waals surface area contributed by atoms with Crippen molar-refractivity contribution in [2.24, 2.45) is 0 Å². The van der Waals surface area contributed by atoms with E-state index in [1.807, 2.05) is 0 Å². The van der Waals surface area contributed by atoms with Gasteiger partial charge in [-0.1, -0.05) is 20.8 Å². The van der Waals surface area contributed by atoms with Crippen molar-refractivity contribution in [2.45, 2.75) is 64.2 Å². The Morgan fingerprint density at radius 2 is 1.75 bits per heavy atom. The highest BCUT2D eigenvalue weighted by Gasteiger charge is 2.50. The van der Waals surface area contributed by atoms with Crippen molar-refractivity contribution in [3.05, 3.63) is 0 Å². The van der Waals surface area contributed by atoms with E-state index in [4.69, 9.17) is 0 Å². The van der Waals surface area contributed by atoms with Crippen LogP contribution in [0.4, 0.5) is 13.2 Å². The summed E-state index contributed by atoms with van der Waals surface area (Å²) in [4.78, 5) is 25.7. The Kier molecular flexibility index (Phi) is 5.05. The molecule has 4 nitrogen and oxygen atoms in total. The maximum absolute atomic E-state index is 12.4. The van der Waals surface area contributed by atoms with Gasteiger partial charge < -0.3 is 10.2 Å². The first kappa shape index (κ1) is 16.8. The Hall–Kier alpha value is -1.27. The van der Waals surface area contributed by atoms with Crippen LogP contribution in [-0.2, 0) is 9.59 Å². The standard InChI is InChI=1S/C13H21F3N2O2/c1-4-9-10(19)18(8-7-13(14,15)16)12(5-2,6-3)11(20)17-9/h9H,4-8H2,1-3H3,(H,17,20). The molecule has 2 amide bonds. The topological polar surface area (TPSA) is 49.4 Å². The lowest BCUT2D eigenvalue weighted by Crippen LogP contribution is -2.70. The number of carbonyl (C=O) groups is 2. The first-order valence-corrected chi connectivity index (χ1v) is 6.91. The smallest absolute Gasteiger partial charge is 0.342 e. The molecule has 1 aliphatic heterocycles. The fourth-order valence-electron chi connectivity index (χ4n) is 2.67. The molecular formula is C13H21F3N2O2. The average Bonchev–Trinajstić information content (AvgIpc) is 2.38. The SMILES string of the molecule is CCC1NC(=O)C(CC)(CC)N(CCC(F)(F)F)C1=O. The fraction of sp³-hybridized carbons (Fsp3) is 0.846. The summed E-state index contributed by atoms with van der Waals surface area (Å²) < 4.78 is 37.3. The molecule has 0 aromatic heterocycles. The molecule has 1 N–H and O–H groups in total. The number of alkyl halides is 3. The van der Waals surface area contributed by atoms with Crippen molar-refractivity contribution in [2.75, 3.05) is 6.54 Å². The number of nitrogens with one attached hydrogen (secondary N) is 1. The summed E-state index contributed by atoms with van der Waals surface area (Å²) in [6.07, 6.45) is -4.46. The first-order valence-electron chi connectivity index (χ1n) is 6.91. The van der Waals surface area contributed by atoms with Crippen LogP contribution in [0.5, 0.6) is 0 Å². The molecule has 1 unspecified atom stereocenters. The molecule has 1 atom stereocenters. The average molecular weight is 294 g/mol. The Morgan fingerprint density at radius 1 is 1.20 bits per heavy atom. The number of piperazine rings is 1. The molecule has 20 heavy (non-hydrogen) atoms. The molecule has 1 heterocycles. The van der Waals surface area contributed by atoms with E-state index in [2.05, 4.69) is 5.32 Å². The Balaban J connectivity index is 3.06. The van der Waals surface area contributed by atoms with Crippen molar-refractivity contribution < 1.29 is 22.8 Å². The predicted molar refractivity (Wildman–Crippen MR) is 67.9 cm³/mol. The molecule has 0 bridgehead atoms. The van der Waals surface area contributed by atoms with E-state index in [1.165, 1.54) is 0 Å². The van der Waals surface area contributed by atoms with Gasteiger partial charge in [0, 0.05) is 6.54 Å². The molecule has 1 saturated heterocycles. The first-order chi connectivity index (χ1) is 9.21. The Morgan fingerprint density at radius 3 is 2.15 bits per heavy atom. The lowest BCUT2D eigenvalue weighted by atomic mass is 9.85. The molecule has 0 aliphatic carbocycles. The Bertz CT molecular complexity index is 378. The van der Waals surface area contributed by atoms with E-state index < -0.39 is 36.6 Å². The van der Waals surface area contributed by atoms with Gasteiger partial charge in [0.15, 0.2) is 0 Å². The third-order valence-electron chi connectivity index (χ3n) is 4.01. The molecule has 0 aromatic carbocycles. The second kappa shape index (κ2) is 6.01. The zero-order valence-corrected chi connectivity index (χ0v) is 12.0. The number of amides is 2. The lowest BCUT2D eigenvalue weighted by molar-refractivity contribution is -0.166. The number of nitrogens with zero attached hydrogens (tertiary/aromatic N) is 1. The molecule has 1 fully saturated rings. The molecule has 1 rings (SSSR count). The van der Waals surface area contributed by atoms with Gasteiger partial charge in [-0.15, -0.1) is 0 Å². The van der Waals surface area contributed by atoms with E-state index in [0.29, 0.717) is 19.3 Å². The van der Waals surface area contributed by atoms with Crippen LogP contribution in [0.1, 0.15) is 46.5 Å². The number of halogens is 3. The maximum atomic E-state index is 12.4. The van der Waals surface area contributed by atoms with Crippen molar-refractivity contribution in [1.82, 2.24) is 10.2 Å². The highest BCUT2D eigenvalue weighted by Crippen LogP contribution is 2.31. The van der Waals surface area contributed by atoms with E-state index in [0.717, 1.165) is 4.90 Å². The van der Waals surface area contributed by atoms with Crippen LogP contribution in [0, 0.1) is 0 Å². The molecular weight excluding hydrogens is 273 g/mol. The van der Waals surface area contributed by atoms with Gasteiger partial charge in [-0.2, -0.15) is 13.2 Å². The van der Waals surface area contributed by atoms with E-state index in [9.17, 15) is 22.8 Å². The summed E-state index contributed by atoms with van der Waals surface area (Å²) in [5.41, 5.74) is -1.16. The Labute approximate surface area is 116 Å². The van der Waals surface area contributed by atoms with Crippen molar-refractivity contribution in [3.8, 4) is 0 Å². The third-order valence-corrected chi connectivity index (χ3v) is 4.01. The van der Waals surface area contributed by atoms with Gasteiger partial charge in [0.05, 0.1) is 6.42 Å². The zero-order valence-electron chi connectivity index (χ0n) is 12.0. The molecule has 0 aromatic rings. The quantitative estimate of drug-likeness (QED) is 0.845. The number of hydrogen-bond donors (Lipinski definition) is 1. The molecule has 116 valence electrons. The minimum atomic E-state index is -4.34. The highest BCUT2D eigenvalue weighted by atomic mass is 19.4. The van der Waals surface area contributed by atoms with Gasteiger partial charge in [0.2, 0.25) is 11.8 Å². The third kappa shape index (κ3) is 3.07. The predicted octanol–water partition coefficient (Wildman–Crippen LogP) is 2.23. The van der Waals surface area contributed by atoms with Crippen LogP contribution in [0.2, 0.25) is 0 Å². The highest BCUT2D eigenvalue weighted by molar-refractivity contribution is 5.99. The van der Waals surface area contributed by atoms with Gasteiger partial charge in [0.25, 0.3) is 0 Å². The van der Waals surface area contributed by atoms with Crippen LogP contribution in [0.15, 0.2) is 0 Å². The second-order valence-electron chi connectivity index (χ2n) is 5.03. The zero-order chi connectivity index (χ0) is 15.6. The van der Waals surface area contributed by atoms with Gasteiger partial charge in [-0.25, -0.2) is 0 Å². The van der Waals surface area contributed by atoms with Crippen molar-refractivity contribution >= 4 is 11.8 Å². The van der Waals surface area contributed by atoms with Gasteiger partial charge in [-0.3, -0.25) is 9.59 Å². The van der Waals surface area contributed by atoms with Gasteiger partial charge >= 0.3 is 6.18 Å². The molecule has 1 aliphatic rings. The normalized spacial score (nSPS) is 22.9. The largest absolute Gasteiger partial charge is 0.390 e. The number of hydrogen-bond acceptors (Lipinski definition) is 2. The van der Waals surface area contributed by atoms with Crippen molar-refractivity contribution in [1.29, 1.82) is 0 Å². The van der Waals surface area contributed by atoms with E-state index in [-0.39, 0.29) is 5.91 Å². The number of rotatable bonds is 5.